The fourth-order valence-electron chi connectivity index (χ4n) is 3.83. The van der Waals surface area contributed by atoms with Gasteiger partial charge in [-0.05, 0) is 57.2 Å². The van der Waals surface area contributed by atoms with Crippen molar-refractivity contribution >= 4 is 17.0 Å². The van der Waals surface area contributed by atoms with E-state index in [0.717, 1.165) is 30.1 Å². The van der Waals surface area contributed by atoms with Crippen LogP contribution in [0.2, 0.25) is 0 Å². The number of methoxy groups -OCH3 is 1. The van der Waals surface area contributed by atoms with Crippen LogP contribution >= 0.6 is 11.3 Å². The second-order valence-corrected chi connectivity index (χ2v) is 8.70. The topological polar surface area (TPSA) is 30.8 Å². The average molecular weight is 341 g/mol. The Balaban J connectivity index is 2.00. The monoisotopic (exact) mass is 341 g/mol. The number of nitrogens with zero attached hydrogens (tertiary/aromatic N) is 1. The van der Waals surface area contributed by atoms with E-state index in [1.165, 1.54) is 22.3 Å². The first-order valence-electron chi connectivity index (χ1n) is 8.34. The molecule has 2 aliphatic heterocycles. The summed E-state index contributed by atoms with van der Waals surface area (Å²) in [6, 6.07) is 4.31. The van der Waals surface area contributed by atoms with Crippen LogP contribution in [-0.4, -0.2) is 24.0 Å². The van der Waals surface area contributed by atoms with Gasteiger partial charge in [0.05, 0.1) is 18.4 Å². The number of benzene rings is 1. The van der Waals surface area contributed by atoms with E-state index < -0.39 is 0 Å². The van der Waals surface area contributed by atoms with E-state index in [1.807, 2.05) is 0 Å². The Labute approximate surface area is 147 Å². The van der Waals surface area contributed by atoms with Crippen molar-refractivity contribution in [1.82, 2.24) is 0 Å². The van der Waals surface area contributed by atoms with Crippen LogP contribution in [0.3, 0.4) is 0 Å². The minimum atomic E-state index is -0.211. The number of hydrogen-bond donors (Lipinski definition) is 0. The summed E-state index contributed by atoms with van der Waals surface area (Å²) < 4.78 is 11.9. The van der Waals surface area contributed by atoms with Gasteiger partial charge in [0.15, 0.2) is 11.5 Å². The zero-order valence-electron chi connectivity index (χ0n) is 14.9. The molecule has 3 nitrogen and oxygen atoms in total. The molecule has 0 aliphatic carbocycles. The summed E-state index contributed by atoms with van der Waals surface area (Å²) >= 11 is 1.71. The molecule has 24 heavy (non-hydrogen) atoms. The molecule has 0 atom stereocenters. The number of fused-ring (bicyclic) bond motifs is 3. The molecular formula is C20H23NO2S. The van der Waals surface area contributed by atoms with Crippen LogP contribution in [-0.2, 0) is 12.8 Å². The van der Waals surface area contributed by atoms with Crippen LogP contribution in [0.1, 0.15) is 49.9 Å². The lowest BCUT2D eigenvalue weighted by molar-refractivity contribution is 0.134. The normalized spacial score (nSPS) is 20.0. The zero-order chi connectivity index (χ0) is 17.1. The maximum atomic E-state index is 6.22. The Morgan fingerprint density at radius 2 is 2.00 bits per heavy atom. The molecule has 2 aliphatic rings. The third-order valence-corrected chi connectivity index (χ3v) is 5.38. The predicted molar refractivity (Wildman–Crippen MR) is 99.1 cm³/mol. The molecule has 2 aromatic rings. The van der Waals surface area contributed by atoms with Gasteiger partial charge in [-0.15, -0.1) is 0 Å². The summed E-state index contributed by atoms with van der Waals surface area (Å²) in [4.78, 5) is 5.11. The molecule has 0 amide bonds. The molecule has 0 fully saturated rings. The Kier molecular flexibility index (Phi) is 3.33. The van der Waals surface area contributed by atoms with E-state index >= 15 is 0 Å². The molecule has 126 valence electrons. The molecule has 4 rings (SSSR count). The molecule has 0 bridgehead atoms. The number of hydrogen-bond acceptors (Lipinski definition) is 4. The molecule has 0 N–H and O–H groups in total. The second-order valence-electron chi connectivity index (χ2n) is 7.92. The van der Waals surface area contributed by atoms with Crippen molar-refractivity contribution in [2.75, 3.05) is 7.11 Å². The predicted octanol–water partition coefficient (Wildman–Crippen LogP) is 4.64. The quantitative estimate of drug-likeness (QED) is 0.796. The first-order valence-corrected chi connectivity index (χ1v) is 9.28. The summed E-state index contributed by atoms with van der Waals surface area (Å²) in [6.45, 7) is 8.66. The summed E-state index contributed by atoms with van der Waals surface area (Å²) in [5.74, 6) is 1.74. The standard InChI is InChI=1S/C20H23NO2S/c1-19(2)9-13-8-15(22-5)18-14(10-20(3,4)23-18)16(13)17(21-19)12-6-7-24-11-12/h6-8,11H,9-10H2,1-5H3. The summed E-state index contributed by atoms with van der Waals surface area (Å²) in [5.41, 5.74) is 5.79. The van der Waals surface area contributed by atoms with Crippen LogP contribution in [0.25, 0.3) is 0 Å². The van der Waals surface area contributed by atoms with Gasteiger partial charge >= 0.3 is 0 Å². The van der Waals surface area contributed by atoms with E-state index in [1.54, 1.807) is 18.4 Å². The number of rotatable bonds is 2. The first kappa shape index (κ1) is 15.7. The lowest BCUT2D eigenvalue weighted by atomic mass is 9.81. The smallest absolute Gasteiger partial charge is 0.166 e. The highest BCUT2D eigenvalue weighted by atomic mass is 32.1. The number of aliphatic imine (C=N–C) groups is 1. The van der Waals surface area contributed by atoms with Crippen LogP contribution in [0.15, 0.2) is 27.9 Å². The largest absolute Gasteiger partial charge is 0.493 e. The number of thiophene rings is 1. The van der Waals surface area contributed by atoms with Crippen LogP contribution in [0.4, 0.5) is 0 Å². The SMILES string of the molecule is COc1cc2c(c3c1OC(C)(C)C3)C(c1ccsc1)=NC(C)(C)C2. The van der Waals surface area contributed by atoms with Gasteiger partial charge in [-0.3, -0.25) is 4.99 Å². The van der Waals surface area contributed by atoms with Gasteiger partial charge in [0.1, 0.15) is 5.60 Å². The van der Waals surface area contributed by atoms with Crippen molar-refractivity contribution in [3.63, 3.8) is 0 Å². The molecule has 0 saturated heterocycles. The maximum Gasteiger partial charge on any atom is 0.166 e. The van der Waals surface area contributed by atoms with Gasteiger partial charge in [0.2, 0.25) is 0 Å². The highest BCUT2D eigenvalue weighted by Crippen LogP contribution is 2.47. The summed E-state index contributed by atoms with van der Waals surface area (Å²) in [6.07, 6.45) is 1.80. The van der Waals surface area contributed by atoms with Crippen LogP contribution in [0.5, 0.6) is 11.5 Å². The third kappa shape index (κ3) is 2.44. The van der Waals surface area contributed by atoms with Crippen molar-refractivity contribution in [2.45, 2.75) is 51.7 Å². The fraction of sp³-hybridized carbons (Fsp3) is 0.450. The van der Waals surface area contributed by atoms with E-state index in [0.29, 0.717) is 0 Å². The molecule has 0 saturated carbocycles. The molecule has 1 aromatic heterocycles. The minimum absolute atomic E-state index is 0.113. The third-order valence-electron chi connectivity index (χ3n) is 4.70. The maximum absolute atomic E-state index is 6.22. The van der Waals surface area contributed by atoms with Crippen molar-refractivity contribution in [1.29, 1.82) is 0 Å². The Morgan fingerprint density at radius 3 is 2.67 bits per heavy atom. The lowest BCUT2D eigenvalue weighted by Crippen LogP contribution is -2.30. The molecule has 3 heterocycles. The van der Waals surface area contributed by atoms with Crippen LogP contribution < -0.4 is 9.47 Å². The number of ether oxygens (including phenoxy) is 2. The van der Waals surface area contributed by atoms with Crippen molar-refractivity contribution < 1.29 is 9.47 Å². The summed E-state index contributed by atoms with van der Waals surface area (Å²) in [5, 5.41) is 4.30. The summed E-state index contributed by atoms with van der Waals surface area (Å²) in [7, 11) is 1.72. The van der Waals surface area contributed by atoms with E-state index in [2.05, 4.69) is 50.6 Å². The van der Waals surface area contributed by atoms with Crippen molar-refractivity contribution in [3.05, 3.63) is 45.1 Å². The van der Waals surface area contributed by atoms with Crippen molar-refractivity contribution in [2.24, 2.45) is 4.99 Å². The van der Waals surface area contributed by atoms with Gasteiger partial charge < -0.3 is 9.47 Å². The Hall–Kier alpha value is -1.81. The fourth-order valence-corrected chi connectivity index (χ4v) is 4.47. The average Bonchev–Trinajstić information content (AvgIpc) is 3.10. The highest BCUT2D eigenvalue weighted by molar-refractivity contribution is 7.08. The van der Waals surface area contributed by atoms with Crippen LogP contribution in [0, 0.1) is 0 Å². The van der Waals surface area contributed by atoms with Gasteiger partial charge in [-0.1, -0.05) is 0 Å². The van der Waals surface area contributed by atoms with E-state index in [-0.39, 0.29) is 11.1 Å². The van der Waals surface area contributed by atoms with Gasteiger partial charge in [0, 0.05) is 28.5 Å². The molecule has 1 aromatic carbocycles. The molecule has 0 spiro atoms. The molecule has 0 unspecified atom stereocenters. The Morgan fingerprint density at radius 1 is 1.21 bits per heavy atom. The van der Waals surface area contributed by atoms with Gasteiger partial charge in [0.25, 0.3) is 0 Å². The molecule has 4 heteroatoms. The minimum Gasteiger partial charge on any atom is -0.493 e. The first-order chi connectivity index (χ1) is 11.3. The van der Waals surface area contributed by atoms with Gasteiger partial charge in [-0.2, -0.15) is 11.3 Å². The van der Waals surface area contributed by atoms with Gasteiger partial charge in [-0.25, -0.2) is 0 Å². The Bertz CT molecular complexity index is 832. The second kappa shape index (κ2) is 5.09. The van der Waals surface area contributed by atoms with Crippen molar-refractivity contribution in [3.8, 4) is 11.5 Å². The molecule has 0 radical (unpaired) electrons. The van der Waals surface area contributed by atoms with E-state index in [4.69, 9.17) is 14.5 Å². The van der Waals surface area contributed by atoms with E-state index in [9.17, 15) is 0 Å². The molecular weight excluding hydrogens is 318 g/mol. The zero-order valence-corrected chi connectivity index (χ0v) is 15.7. The highest BCUT2D eigenvalue weighted by Gasteiger charge is 2.39. The lowest BCUT2D eigenvalue weighted by Gasteiger charge is -2.30.